The van der Waals surface area contributed by atoms with E-state index < -0.39 is 22.0 Å². The maximum absolute atomic E-state index is 10.8. The summed E-state index contributed by atoms with van der Waals surface area (Å²) in [6.45, 7) is 0. The Morgan fingerprint density at radius 1 is 1.50 bits per heavy atom. The van der Waals surface area contributed by atoms with E-state index in [0.717, 1.165) is 0 Å². The van der Waals surface area contributed by atoms with Gasteiger partial charge in [0.15, 0.2) is 9.84 Å². The van der Waals surface area contributed by atoms with E-state index in [0.29, 0.717) is 0 Å². The number of sulfone groups is 1. The van der Waals surface area contributed by atoms with Gasteiger partial charge in [-0.15, -0.1) is 0 Å². The predicted molar refractivity (Wildman–Crippen MR) is 35.8 cm³/mol. The first-order chi connectivity index (χ1) is 4.55. The molecule has 1 saturated heterocycles. The summed E-state index contributed by atoms with van der Waals surface area (Å²) in [7, 11) is -3.05. The maximum atomic E-state index is 10.8. The average Bonchev–Trinajstić information content (AvgIpc) is 2.05. The van der Waals surface area contributed by atoms with Crippen molar-refractivity contribution in [1.29, 1.82) is 0 Å². The molecule has 0 aromatic rings. The molecule has 2 atom stereocenters. The molecule has 0 aliphatic carbocycles. The number of hydrazine groups is 1. The van der Waals surface area contributed by atoms with Crippen molar-refractivity contribution in [2.24, 2.45) is 5.84 Å². The summed E-state index contributed by atoms with van der Waals surface area (Å²) >= 11 is 0. The molecule has 6 heteroatoms. The zero-order chi connectivity index (χ0) is 7.78. The number of hydrogen-bond acceptors (Lipinski definition) is 5. The molecule has 0 unspecified atom stereocenters. The lowest BCUT2D eigenvalue weighted by atomic mass is 10.2. The van der Waals surface area contributed by atoms with E-state index in [1.165, 1.54) is 0 Å². The first-order valence-corrected chi connectivity index (χ1v) is 4.72. The van der Waals surface area contributed by atoms with Crippen LogP contribution in [0.5, 0.6) is 0 Å². The lowest BCUT2D eigenvalue weighted by molar-refractivity contribution is 0.166. The second kappa shape index (κ2) is 2.46. The molecule has 10 heavy (non-hydrogen) atoms. The summed E-state index contributed by atoms with van der Waals surface area (Å²) in [6.07, 6.45) is -0.852. The number of nitrogens with two attached hydrogens (primary N) is 1. The molecular weight excluding hydrogens is 156 g/mol. The minimum Gasteiger partial charge on any atom is -0.390 e. The van der Waals surface area contributed by atoms with E-state index in [1.54, 1.807) is 0 Å². The molecule has 0 aromatic heterocycles. The number of aliphatic hydroxyl groups is 1. The van der Waals surface area contributed by atoms with Crippen LogP contribution in [-0.2, 0) is 9.84 Å². The van der Waals surface area contributed by atoms with Crippen LogP contribution >= 0.6 is 0 Å². The predicted octanol–water partition coefficient (Wildman–Crippen LogP) is -2.39. The molecule has 4 N–H and O–H groups in total. The standard InChI is InChI=1S/C4H10N2O3S/c5-6-3-1-10(8,9)2-4(3)7/h3-4,6-7H,1-2,5H2/t3-,4-/m0/s1. The van der Waals surface area contributed by atoms with Crippen molar-refractivity contribution in [2.75, 3.05) is 11.5 Å². The van der Waals surface area contributed by atoms with E-state index in [-0.39, 0.29) is 11.5 Å². The summed E-state index contributed by atoms with van der Waals surface area (Å²) in [5.41, 5.74) is 2.24. The van der Waals surface area contributed by atoms with Crippen LogP contribution in [0.25, 0.3) is 0 Å². The molecule has 0 amide bonds. The van der Waals surface area contributed by atoms with Gasteiger partial charge in [0, 0.05) is 0 Å². The largest absolute Gasteiger partial charge is 0.390 e. The minimum absolute atomic E-state index is 0.0648. The minimum atomic E-state index is -3.05. The Morgan fingerprint density at radius 2 is 2.10 bits per heavy atom. The van der Waals surface area contributed by atoms with E-state index in [4.69, 9.17) is 10.9 Å². The molecule has 1 rings (SSSR count). The van der Waals surface area contributed by atoms with Gasteiger partial charge in [-0.25, -0.2) is 8.42 Å². The van der Waals surface area contributed by atoms with Crippen molar-refractivity contribution in [1.82, 2.24) is 5.43 Å². The molecule has 60 valence electrons. The van der Waals surface area contributed by atoms with Crippen molar-refractivity contribution < 1.29 is 13.5 Å². The van der Waals surface area contributed by atoms with Crippen LogP contribution in [0.3, 0.4) is 0 Å². The summed E-state index contributed by atoms with van der Waals surface area (Å²) < 4.78 is 21.5. The molecule has 0 bridgehead atoms. The number of aliphatic hydroxyl groups excluding tert-OH is 1. The highest BCUT2D eigenvalue weighted by molar-refractivity contribution is 7.91. The first kappa shape index (κ1) is 7.93. The number of nitrogens with one attached hydrogen (secondary N) is 1. The third-order valence-electron chi connectivity index (χ3n) is 1.54. The Kier molecular flexibility index (Phi) is 1.95. The highest BCUT2D eigenvalue weighted by Gasteiger charge is 2.35. The number of rotatable bonds is 1. The van der Waals surface area contributed by atoms with Crippen LogP contribution in [-0.4, -0.2) is 37.2 Å². The van der Waals surface area contributed by atoms with Crippen LogP contribution in [0, 0.1) is 0 Å². The van der Waals surface area contributed by atoms with Gasteiger partial charge < -0.3 is 5.11 Å². The topological polar surface area (TPSA) is 92.4 Å². The zero-order valence-corrected chi connectivity index (χ0v) is 6.13. The summed E-state index contributed by atoms with van der Waals surface area (Å²) in [4.78, 5) is 0. The molecule has 0 spiro atoms. The molecule has 0 aromatic carbocycles. The Labute approximate surface area is 59.1 Å². The van der Waals surface area contributed by atoms with Gasteiger partial charge in [-0.2, -0.15) is 0 Å². The second-order valence-corrected chi connectivity index (χ2v) is 4.57. The van der Waals surface area contributed by atoms with Crippen molar-refractivity contribution in [3.63, 3.8) is 0 Å². The fraction of sp³-hybridized carbons (Fsp3) is 1.00. The van der Waals surface area contributed by atoms with E-state index in [1.807, 2.05) is 0 Å². The van der Waals surface area contributed by atoms with Gasteiger partial charge in [0.25, 0.3) is 0 Å². The Morgan fingerprint density at radius 3 is 2.30 bits per heavy atom. The lowest BCUT2D eigenvalue weighted by Gasteiger charge is -2.08. The van der Waals surface area contributed by atoms with E-state index >= 15 is 0 Å². The lowest BCUT2D eigenvalue weighted by Crippen LogP contribution is -2.43. The molecular formula is C4H10N2O3S. The Balaban J connectivity index is 2.71. The van der Waals surface area contributed by atoms with Crippen molar-refractivity contribution in [2.45, 2.75) is 12.1 Å². The van der Waals surface area contributed by atoms with Crippen LogP contribution in [0.15, 0.2) is 0 Å². The molecule has 1 aliphatic rings. The number of hydrogen-bond donors (Lipinski definition) is 3. The SMILES string of the molecule is NN[C@H]1CS(=O)(=O)C[C@@H]1O. The third-order valence-corrected chi connectivity index (χ3v) is 3.25. The smallest absolute Gasteiger partial charge is 0.154 e. The van der Waals surface area contributed by atoms with Gasteiger partial charge in [0.05, 0.1) is 23.7 Å². The van der Waals surface area contributed by atoms with Gasteiger partial charge in [0.1, 0.15) is 0 Å². The maximum Gasteiger partial charge on any atom is 0.154 e. The van der Waals surface area contributed by atoms with Crippen LogP contribution in [0.4, 0.5) is 0 Å². The highest BCUT2D eigenvalue weighted by atomic mass is 32.2. The Hall–Kier alpha value is -0.170. The van der Waals surface area contributed by atoms with Crippen molar-refractivity contribution in [3.8, 4) is 0 Å². The average molecular weight is 166 g/mol. The van der Waals surface area contributed by atoms with Gasteiger partial charge in [-0.3, -0.25) is 11.3 Å². The summed E-state index contributed by atoms with van der Waals surface area (Å²) in [5, 5.41) is 9.00. The highest BCUT2D eigenvalue weighted by Crippen LogP contribution is 2.10. The van der Waals surface area contributed by atoms with Crippen LogP contribution in [0.1, 0.15) is 0 Å². The van der Waals surface area contributed by atoms with Gasteiger partial charge >= 0.3 is 0 Å². The summed E-state index contributed by atoms with van der Waals surface area (Å²) in [5.74, 6) is 4.73. The van der Waals surface area contributed by atoms with Gasteiger partial charge in [-0.1, -0.05) is 0 Å². The van der Waals surface area contributed by atoms with Crippen LogP contribution < -0.4 is 11.3 Å². The molecule has 1 aliphatic heterocycles. The van der Waals surface area contributed by atoms with Crippen molar-refractivity contribution >= 4 is 9.84 Å². The first-order valence-electron chi connectivity index (χ1n) is 2.90. The van der Waals surface area contributed by atoms with Gasteiger partial charge in [0.2, 0.25) is 0 Å². The van der Waals surface area contributed by atoms with Gasteiger partial charge in [-0.05, 0) is 0 Å². The monoisotopic (exact) mass is 166 g/mol. The van der Waals surface area contributed by atoms with E-state index in [9.17, 15) is 8.42 Å². The second-order valence-electron chi connectivity index (χ2n) is 2.42. The molecule has 1 fully saturated rings. The quantitative estimate of drug-likeness (QED) is 0.298. The molecule has 0 radical (unpaired) electrons. The Bertz CT molecular complexity index is 213. The molecule has 5 nitrogen and oxygen atoms in total. The zero-order valence-electron chi connectivity index (χ0n) is 5.32. The van der Waals surface area contributed by atoms with Crippen molar-refractivity contribution in [3.05, 3.63) is 0 Å². The normalized spacial score (nSPS) is 38.2. The van der Waals surface area contributed by atoms with E-state index in [2.05, 4.69) is 5.43 Å². The fourth-order valence-corrected chi connectivity index (χ4v) is 2.74. The molecule has 1 heterocycles. The van der Waals surface area contributed by atoms with Crippen LogP contribution in [0.2, 0.25) is 0 Å². The summed E-state index contributed by atoms with van der Waals surface area (Å²) in [6, 6.07) is -0.495. The third kappa shape index (κ3) is 1.46. The molecule has 0 saturated carbocycles. The fourth-order valence-electron chi connectivity index (χ4n) is 0.988.